The van der Waals surface area contributed by atoms with E-state index in [9.17, 15) is 14.0 Å². The molecule has 36 heavy (non-hydrogen) atoms. The summed E-state index contributed by atoms with van der Waals surface area (Å²) in [5.41, 5.74) is 4.56. The van der Waals surface area contributed by atoms with E-state index in [0.29, 0.717) is 24.3 Å². The lowest BCUT2D eigenvalue weighted by molar-refractivity contribution is -0.118. The Morgan fingerprint density at radius 2 is 2.06 bits per heavy atom. The van der Waals surface area contributed by atoms with Crippen LogP contribution in [0.4, 0.5) is 10.2 Å². The molecule has 0 bridgehead atoms. The van der Waals surface area contributed by atoms with E-state index in [0.717, 1.165) is 49.3 Å². The van der Waals surface area contributed by atoms with E-state index >= 15 is 0 Å². The van der Waals surface area contributed by atoms with Crippen molar-refractivity contribution in [3.63, 3.8) is 0 Å². The molecule has 0 radical (unpaired) electrons. The average Bonchev–Trinajstić information content (AvgIpc) is 3.30. The van der Waals surface area contributed by atoms with Crippen molar-refractivity contribution in [2.45, 2.75) is 51.6 Å². The highest BCUT2D eigenvalue weighted by Crippen LogP contribution is 2.32. The Balaban J connectivity index is 1.33. The van der Waals surface area contributed by atoms with Crippen LogP contribution in [-0.2, 0) is 30.6 Å². The number of ether oxygens (including phenoxy) is 1. The molecular formula is C28H31FN4O3. The molecule has 0 aliphatic carbocycles. The van der Waals surface area contributed by atoms with Gasteiger partial charge >= 0.3 is 0 Å². The van der Waals surface area contributed by atoms with E-state index < -0.39 is 11.9 Å². The number of pyridine rings is 1. The molecule has 3 aromatic rings. The second kappa shape index (κ2) is 10.1. The molecule has 188 valence electrons. The Morgan fingerprint density at radius 1 is 1.19 bits per heavy atom. The number of anilines is 1. The Hall–Kier alpha value is -3.68. The third-order valence-electron chi connectivity index (χ3n) is 7.05. The van der Waals surface area contributed by atoms with Gasteiger partial charge in [-0.25, -0.2) is 9.37 Å². The molecule has 0 saturated heterocycles. The average molecular weight is 491 g/mol. The van der Waals surface area contributed by atoms with Gasteiger partial charge in [0.25, 0.3) is 5.91 Å². The van der Waals surface area contributed by atoms with Gasteiger partial charge in [-0.1, -0.05) is 12.1 Å². The minimum atomic E-state index is -0.533. The Kier molecular flexibility index (Phi) is 6.76. The lowest BCUT2D eigenvalue weighted by Gasteiger charge is -2.35. The molecule has 2 aliphatic rings. The number of rotatable bonds is 8. The third kappa shape index (κ3) is 4.85. The van der Waals surface area contributed by atoms with Crippen LogP contribution in [0.5, 0.6) is 5.75 Å². The number of fused-ring (bicyclic) bond motifs is 2. The molecule has 2 aliphatic heterocycles. The highest BCUT2D eigenvalue weighted by molar-refractivity contribution is 5.94. The third-order valence-corrected chi connectivity index (χ3v) is 7.05. The summed E-state index contributed by atoms with van der Waals surface area (Å²) in [5, 5.41) is 3.38. The van der Waals surface area contributed by atoms with Crippen molar-refractivity contribution in [2.75, 3.05) is 25.5 Å². The van der Waals surface area contributed by atoms with E-state index in [1.165, 1.54) is 31.7 Å². The smallest absolute Gasteiger partial charge is 0.271 e. The lowest BCUT2D eigenvalue weighted by atomic mass is 9.98. The quantitative estimate of drug-likeness (QED) is 0.508. The SMILES string of the molecule is COc1ccc([C@H](CC(C)=O)N2CCn3cc(CCc4ccc5c(n4)NCCC5)cc3C2=O)cc1F. The first-order chi connectivity index (χ1) is 17.4. The summed E-state index contributed by atoms with van der Waals surface area (Å²) >= 11 is 0. The largest absolute Gasteiger partial charge is 0.494 e. The molecule has 0 fully saturated rings. The van der Waals surface area contributed by atoms with E-state index in [4.69, 9.17) is 9.72 Å². The van der Waals surface area contributed by atoms with Crippen molar-refractivity contribution in [3.05, 3.63) is 76.5 Å². The number of ketones is 1. The number of carbonyl (C=O) groups is 2. The van der Waals surface area contributed by atoms with Crippen LogP contribution in [0.3, 0.4) is 0 Å². The molecule has 5 rings (SSSR count). The van der Waals surface area contributed by atoms with Crippen molar-refractivity contribution in [1.29, 1.82) is 0 Å². The molecule has 8 heteroatoms. The van der Waals surface area contributed by atoms with Crippen LogP contribution in [0.1, 0.15) is 58.7 Å². The van der Waals surface area contributed by atoms with Crippen LogP contribution in [0.2, 0.25) is 0 Å². The van der Waals surface area contributed by atoms with Gasteiger partial charge < -0.3 is 19.5 Å². The van der Waals surface area contributed by atoms with Gasteiger partial charge in [0, 0.05) is 37.9 Å². The van der Waals surface area contributed by atoms with Crippen molar-refractivity contribution in [1.82, 2.24) is 14.5 Å². The van der Waals surface area contributed by atoms with E-state index in [2.05, 4.69) is 17.4 Å². The molecule has 1 amide bonds. The van der Waals surface area contributed by atoms with Crippen LogP contribution >= 0.6 is 0 Å². The predicted molar refractivity (Wildman–Crippen MR) is 135 cm³/mol. The summed E-state index contributed by atoms with van der Waals surface area (Å²) in [5.74, 6) is 0.411. The van der Waals surface area contributed by atoms with E-state index in [1.54, 1.807) is 11.0 Å². The van der Waals surface area contributed by atoms with E-state index in [1.807, 2.05) is 16.8 Å². The number of carbonyl (C=O) groups excluding carboxylic acids is 2. The minimum Gasteiger partial charge on any atom is -0.494 e. The topological polar surface area (TPSA) is 76.5 Å². The van der Waals surface area contributed by atoms with Gasteiger partial charge in [-0.2, -0.15) is 0 Å². The minimum absolute atomic E-state index is 0.0577. The Labute approximate surface area is 210 Å². The first-order valence-electron chi connectivity index (χ1n) is 12.5. The van der Waals surface area contributed by atoms with Crippen LogP contribution in [0.25, 0.3) is 0 Å². The predicted octanol–water partition coefficient (Wildman–Crippen LogP) is 4.35. The molecule has 1 aromatic carbocycles. The van der Waals surface area contributed by atoms with Crippen LogP contribution < -0.4 is 10.1 Å². The summed E-state index contributed by atoms with van der Waals surface area (Å²) < 4.78 is 21.5. The number of methoxy groups -OCH3 is 1. The highest BCUT2D eigenvalue weighted by atomic mass is 19.1. The molecule has 7 nitrogen and oxygen atoms in total. The van der Waals surface area contributed by atoms with Crippen LogP contribution in [0.15, 0.2) is 42.6 Å². The van der Waals surface area contributed by atoms with E-state index in [-0.39, 0.29) is 23.9 Å². The normalized spacial score (nSPS) is 15.6. The van der Waals surface area contributed by atoms with Gasteiger partial charge in [0.15, 0.2) is 11.6 Å². The van der Waals surface area contributed by atoms with Crippen LogP contribution in [-0.4, -0.2) is 46.3 Å². The number of benzene rings is 1. The van der Waals surface area contributed by atoms with Gasteiger partial charge in [0.1, 0.15) is 17.3 Å². The maximum absolute atomic E-state index is 14.4. The first kappa shape index (κ1) is 24.0. The number of amides is 1. The number of hydrogen-bond acceptors (Lipinski definition) is 5. The highest BCUT2D eigenvalue weighted by Gasteiger charge is 2.32. The van der Waals surface area contributed by atoms with Crippen molar-refractivity contribution < 1.29 is 18.7 Å². The standard InChI is InChI=1S/C28H31FN4O3/c1-18(34)14-24(21-7-10-26(36-2)23(29)16-21)33-13-12-32-17-19(15-25(32)28(33)35)5-8-22-9-6-20-4-3-11-30-27(20)31-22/h6-7,9-10,15-17,24H,3-5,8,11-14H2,1-2H3,(H,30,31)/t24-/m0/s1. The summed E-state index contributed by atoms with van der Waals surface area (Å²) in [6.45, 7) is 3.52. The van der Waals surface area contributed by atoms with Crippen molar-refractivity contribution in [3.8, 4) is 5.75 Å². The fourth-order valence-electron chi connectivity index (χ4n) is 5.18. The van der Waals surface area contributed by atoms with Gasteiger partial charge in [-0.3, -0.25) is 9.59 Å². The summed E-state index contributed by atoms with van der Waals surface area (Å²) in [4.78, 5) is 32.1. The Bertz CT molecular complexity index is 1300. The molecule has 2 aromatic heterocycles. The molecule has 4 heterocycles. The molecule has 0 spiro atoms. The maximum Gasteiger partial charge on any atom is 0.271 e. The Morgan fingerprint density at radius 3 is 2.83 bits per heavy atom. The number of hydrogen-bond donors (Lipinski definition) is 1. The van der Waals surface area contributed by atoms with Gasteiger partial charge in [-0.05, 0) is 73.6 Å². The number of Topliss-reactive ketones (excluding diaryl/α,β-unsaturated/α-hetero) is 1. The molecule has 0 saturated carbocycles. The summed E-state index contributed by atoms with van der Waals surface area (Å²) in [6, 6.07) is 10.3. The number of nitrogens with zero attached hydrogens (tertiary/aromatic N) is 3. The number of aromatic nitrogens is 2. The zero-order valence-electron chi connectivity index (χ0n) is 20.7. The summed E-state index contributed by atoms with van der Waals surface area (Å²) in [6.07, 6.45) is 5.93. The maximum atomic E-state index is 14.4. The van der Waals surface area contributed by atoms with Gasteiger partial charge in [0.2, 0.25) is 0 Å². The number of nitrogens with one attached hydrogen (secondary N) is 1. The summed E-state index contributed by atoms with van der Waals surface area (Å²) in [7, 11) is 1.41. The van der Waals surface area contributed by atoms with Gasteiger partial charge in [0.05, 0.1) is 13.2 Å². The fraction of sp³-hybridized carbons (Fsp3) is 0.393. The zero-order chi connectivity index (χ0) is 25.2. The lowest BCUT2D eigenvalue weighted by Crippen LogP contribution is -2.42. The fourth-order valence-corrected chi connectivity index (χ4v) is 5.18. The second-order valence-corrected chi connectivity index (χ2v) is 9.58. The molecular weight excluding hydrogens is 459 g/mol. The first-order valence-corrected chi connectivity index (χ1v) is 12.5. The number of halogens is 1. The van der Waals surface area contributed by atoms with Crippen molar-refractivity contribution in [2.24, 2.45) is 0 Å². The second-order valence-electron chi connectivity index (χ2n) is 9.58. The van der Waals surface area contributed by atoms with Crippen LogP contribution in [0, 0.1) is 5.82 Å². The molecule has 1 N–H and O–H groups in total. The monoisotopic (exact) mass is 490 g/mol. The number of aryl methyl sites for hydroxylation is 3. The molecule has 0 unspecified atom stereocenters. The molecule has 1 atom stereocenters. The van der Waals surface area contributed by atoms with Gasteiger partial charge in [-0.15, -0.1) is 0 Å². The zero-order valence-corrected chi connectivity index (χ0v) is 20.7. The van der Waals surface area contributed by atoms with Crippen molar-refractivity contribution >= 4 is 17.5 Å².